The molecule has 0 aliphatic heterocycles. The number of rotatable bonds is 8. The normalized spacial score (nSPS) is 19.4. The average molecular weight is 544 g/mol. The Hall–Kier alpha value is -2.02. The molecule has 37 heavy (non-hydrogen) atoms. The van der Waals surface area contributed by atoms with E-state index in [9.17, 15) is 18.1 Å². The summed E-state index contributed by atoms with van der Waals surface area (Å²) in [6, 6.07) is 0.809. The highest BCUT2D eigenvalue weighted by molar-refractivity contribution is 7.90. The molecule has 1 unspecified atom stereocenters. The van der Waals surface area contributed by atoms with Gasteiger partial charge < -0.3 is 19.3 Å². The third-order valence-electron chi connectivity index (χ3n) is 6.13. The lowest BCUT2D eigenvalue weighted by atomic mass is 9.81. The van der Waals surface area contributed by atoms with Crippen LogP contribution in [0.2, 0.25) is 0 Å². The fourth-order valence-electron chi connectivity index (χ4n) is 4.18. The number of aromatic nitrogens is 3. The fourth-order valence-corrected chi connectivity index (χ4v) is 5.00. The van der Waals surface area contributed by atoms with Gasteiger partial charge in [0.25, 0.3) is 0 Å². The first-order valence-corrected chi connectivity index (χ1v) is 13.6. The number of hydrogen-bond donors (Lipinski definition) is 2. The fraction of sp³-hybridized carbons (Fsp3) is 0.720. The van der Waals surface area contributed by atoms with E-state index in [1.807, 2.05) is 26.8 Å². The topological polar surface area (TPSA) is 113 Å². The maximum atomic E-state index is 13.9. The highest BCUT2D eigenvalue weighted by atomic mass is 32.2. The van der Waals surface area contributed by atoms with Gasteiger partial charge in [-0.15, -0.1) is 4.72 Å². The van der Waals surface area contributed by atoms with E-state index in [0.717, 1.165) is 5.56 Å². The number of fused-ring (bicyclic) bond motifs is 1. The molecule has 2 aromatic rings. The molecule has 12 heteroatoms. The second-order valence-electron chi connectivity index (χ2n) is 11.6. The minimum atomic E-state index is -2.70. The Bertz CT molecular complexity index is 1060. The Kier molecular flexibility index (Phi) is 9.09. The predicted molar refractivity (Wildman–Crippen MR) is 138 cm³/mol. The molecular formula is C25H39F2N5O4S. The largest absolute Gasteiger partial charge is 0.598 e. The number of nitrogens with one attached hydrogen (secondary N) is 2. The zero-order valence-corrected chi connectivity index (χ0v) is 23.5. The number of carbonyl (C=O) groups is 1. The van der Waals surface area contributed by atoms with E-state index in [-0.39, 0.29) is 44.2 Å². The molecule has 2 heterocycles. The summed E-state index contributed by atoms with van der Waals surface area (Å²) in [5.41, 5.74) is 1.05. The molecule has 9 nitrogen and oxygen atoms in total. The lowest BCUT2D eigenvalue weighted by Crippen LogP contribution is -2.42. The molecule has 1 aliphatic carbocycles. The second-order valence-corrected chi connectivity index (χ2v) is 13.6. The maximum Gasteiger partial charge on any atom is 0.408 e. The number of alkyl halides is 2. The number of methoxy groups -OCH3 is 1. The molecule has 0 spiro atoms. The van der Waals surface area contributed by atoms with Gasteiger partial charge in [0.2, 0.25) is 5.92 Å². The van der Waals surface area contributed by atoms with E-state index in [2.05, 4.69) is 15.1 Å². The lowest BCUT2D eigenvalue weighted by molar-refractivity contribution is -0.0500. The first kappa shape index (κ1) is 29.5. The summed E-state index contributed by atoms with van der Waals surface area (Å²) in [5, 5.41) is 7.33. The Balaban J connectivity index is 1.90. The van der Waals surface area contributed by atoms with Crippen LogP contribution in [0.1, 0.15) is 90.6 Å². The van der Waals surface area contributed by atoms with E-state index in [1.165, 1.54) is 0 Å². The van der Waals surface area contributed by atoms with Crippen LogP contribution in [0.5, 0.6) is 0 Å². The van der Waals surface area contributed by atoms with E-state index in [1.54, 1.807) is 44.8 Å². The van der Waals surface area contributed by atoms with Gasteiger partial charge in [0.05, 0.1) is 30.7 Å². The number of amides is 1. The van der Waals surface area contributed by atoms with Crippen molar-refractivity contribution in [3.63, 3.8) is 0 Å². The third-order valence-corrected chi connectivity index (χ3v) is 7.74. The molecule has 3 rings (SSSR count). The van der Waals surface area contributed by atoms with Crippen LogP contribution >= 0.6 is 0 Å². The molecule has 0 radical (unpaired) electrons. The van der Waals surface area contributed by atoms with Gasteiger partial charge in [0, 0.05) is 31.3 Å². The number of nitrogens with zero attached hydrogens (tertiary/aromatic N) is 3. The van der Waals surface area contributed by atoms with Gasteiger partial charge >= 0.3 is 6.09 Å². The summed E-state index contributed by atoms with van der Waals surface area (Å²) in [4.78, 5) is 17.3. The van der Waals surface area contributed by atoms with Crippen LogP contribution in [0.3, 0.4) is 0 Å². The van der Waals surface area contributed by atoms with Crippen LogP contribution in [-0.4, -0.2) is 55.2 Å². The quantitative estimate of drug-likeness (QED) is 0.457. The Morgan fingerprint density at radius 1 is 1.27 bits per heavy atom. The molecule has 2 N–H and O–H groups in total. The van der Waals surface area contributed by atoms with Crippen LogP contribution < -0.4 is 10.0 Å². The monoisotopic (exact) mass is 543 g/mol. The van der Waals surface area contributed by atoms with Crippen molar-refractivity contribution in [2.45, 2.75) is 95.6 Å². The zero-order valence-electron chi connectivity index (χ0n) is 22.6. The van der Waals surface area contributed by atoms with Crippen LogP contribution in [0.4, 0.5) is 13.6 Å². The summed E-state index contributed by atoms with van der Waals surface area (Å²) in [6.07, 6.45) is 2.72. The van der Waals surface area contributed by atoms with Crippen molar-refractivity contribution in [1.82, 2.24) is 24.6 Å². The number of hydrogen-bond acceptors (Lipinski definition) is 7. The molecule has 208 valence electrons. The van der Waals surface area contributed by atoms with Gasteiger partial charge in [-0.25, -0.2) is 23.1 Å². The molecular weight excluding hydrogens is 504 g/mol. The van der Waals surface area contributed by atoms with Gasteiger partial charge in [0.1, 0.15) is 16.4 Å². The number of alkyl carbamates (subject to hydrolysis) is 1. The van der Waals surface area contributed by atoms with E-state index < -0.39 is 39.8 Å². The summed E-state index contributed by atoms with van der Waals surface area (Å²) in [5.74, 6) is -2.92. The van der Waals surface area contributed by atoms with Crippen LogP contribution in [0, 0.1) is 5.92 Å². The molecule has 0 bridgehead atoms. The first-order chi connectivity index (χ1) is 17.1. The number of carbonyl (C=O) groups excluding carboxylic acids is 1. The standard InChI is InChI=1S/C25H39F2N5O4S/c1-23(2,3)36-22(33)30-21(16-8-10-25(26,27)11-9-16)18-14-32-20(29-18)12-17(13-28-32)19(15-35-7)31-37(34)24(4,5)6/h12-14,16,19,21,31H,8-11,15H2,1-7H3,(H,30,33)/t19-,21+,37?/m1/s1. The highest BCUT2D eigenvalue weighted by Gasteiger charge is 2.40. The maximum absolute atomic E-state index is 13.9. The van der Waals surface area contributed by atoms with Crippen molar-refractivity contribution in [1.29, 1.82) is 0 Å². The molecule has 1 saturated carbocycles. The van der Waals surface area contributed by atoms with Gasteiger partial charge in [0.15, 0.2) is 5.65 Å². The Morgan fingerprint density at radius 2 is 1.92 bits per heavy atom. The average Bonchev–Trinajstić information content (AvgIpc) is 3.18. The molecule has 1 amide bonds. The molecule has 0 aromatic carbocycles. The molecule has 1 fully saturated rings. The Labute approximate surface area is 220 Å². The third kappa shape index (κ3) is 8.23. The van der Waals surface area contributed by atoms with Crippen molar-refractivity contribution < 1.29 is 27.6 Å². The highest BCUT2D eigenvalue weighted by Crippen LogP contribution is 2.41. The minimum absolute atomic E-state index is 0.228. The minimum Gasteiger partial charge on any atom is -0.598 e. The summed E-state index contributed by atoms with van der Waals surface area (Å²) in [7, 11) is 1.56. The smallest absolute Gasteiger partial charge is 0.408 e. The SMILES string of the molecule is COC[C@@H](N[S+]([O-])C(C)(C)C)c1cnn2cc([C@@H](NC(=O)OC(C)(C)C)C3CCC(F)(F)CC3)nc2c1. The lowest BCUT2D eigenvalue weighted by Gasteiger charge is -2.33. The van der Waals surface area contributed by atoms with Crippen molar-refractivity contribution in [3.05, 3.63) is 29.7 Å². The number of ether oxygens (including phenoxy) is 2. The number of imidazole rings is 1. The van der Waals surface area contributed by atoms with Crippen LogP contribution in [0.15, 0.2) is 18.5 Å². The van der Waals surface area contributed by atoms with Gasteiger partial charge in [-0.3, -0.25) is 0 Å². The van der Waals surface area contributed by atoms with Crippen molar-refractivity contribution in [3.8, 4) is 0 Å². The van der Waals surface area contributed by atoms with Gasteiger partial charge in [-0.2, -0.15) is 5.10 Å². The Morgan fingerprint density at radius 3 is 2.49 bits per heavy atom. The van der Waals surface area contributed by atoms with E-state index in [4.69, 9.17) is 14.5 Å². The van der Waals surface area contributed by atoms with Gasteiger partial charge in [-0.05, 0) is 71.9 Å². The second kappa shape index (κ2) is 11.4. The summed E-state index contributed by atoms with van der Waals surface area (Å²) < 4.78 is 55.4. The van der Waals surface area contributed by atoms with Gasteiger partial charge in [-0.1, -0.05) is 0 Å². The molecule has 0 saturated heterocycles. The number of halogens is 2. The molecule has 2 aromatic heterocycles. The van der Waals surface area contributed by atoms with Crippen molar-refractivity contribution in [2.75, 3.05) is 13.7 Å². The predicted octanol–water partition coefficient (Wildman–Crippen LogP) is 4.86. The summed E-state index contributed by atoms with van der Waals surface area (Å²) in [6.45, 7) is 11.2. The molecule has 1 aliphatic rings. The zero-order chi connectivity index (χ0) is 27.6. The molecule has 3 atom stereocenters. The first-order valence-electron chi connectivity index (χ1n) is 12.5. The van der Waals surface area contributed by atoms with Crippen LogP contribution in [0.25, 0.3) is 5.65 Å². The van der Waals surface area contributed by atoms with Crippen molar-refractivity contribution >= 4 is 23.1 Å². The van der Waals surface area contributed by atoms with Crippen molar-refractivity contribution in [2.24, 2.45) is 5.92 Å². The van der Waals surface area contributed by atoms with E-state index in [0.29, 0.717) is 11.3 Å². The summed E-state index contributed by atoms with van der Waals surface area (Å²) >= 11 is -1.34. The van der Waals surface area contributed by atoms with E-state index >= 15 is 0 Å². The van der Waals surface area contributed by atoms with Crippen LogP contribution in [-0.2, 0) is 20.8 Å².